The molecule has 3 aromatic carbocycles. The quantitative estimate of drug-likeness (QED) is 0.449. The van der Waals surface area contributed by atoms with Crippen LogP contribution in [0.25, 0.3) is 0 Å². The fourth-order valence-corrected chi connectivity index (χ4v) is 4.18. The average Bonchev–Trinajstić information content (AvgIpc) is 2.74. The van der Waals surface area contributed by atoms with Gasteiger partial charge < -0.3 is 0 Å². The molecule has 3 aromatic rings. The number of hydrazone groups is 1. The van der Waals surface area contributed by atoms with E-state index in [1.807, 2.05) is 13.8 Å². The normalized spacial score (nSPS) is 11.5. The van der Waals surface area contributed by atoms with Crippen LogP contribution >= 0.6 is 0 Å². The van der Waals surface area contributed by atoms with Gasteiger partial charge in [-0.05, 0) is 55.8 Å². The predicted octanol–water partition coefficient (Wildman–Crippen LogP) is 3.79. The van der Waals surface area contributed by atoms with Crippen LogP contribution in [0.3, 0.4) is 0 Å². The Hall–Kier alpha value is -3.52. The summed E-state index contributed by atoms with van der Waals surface area (Å²) in [5, 5.41) is 3.83. The highest BCUT2D eigenvalue weighted by Crippen LogP contribution is 2.24. The van der Waals surface area contributed by atoms with Crippen LogP contribution in [-0.4, -0.2) is 27.1 Å². The maximum atomic E-state index is 13.3. The third kappa shape index (κ3) is 5.76. The Kier molecular flexibility index (Phi) is 6.81. The van der Waals surface area contributed by atoms with Crippen LogP contribution in [0.5, 0.6) is 0 Å². The minimum atomic E-state index is -3.98. The molecule has 0 fully saturated rings. The summed E-state index contributed by atoms with van der Waals surface area (Å²) in [5.74, 6) is -0.995. The van der Waals surface area contributed by atoms with E-state index in [0.29, 0.717) is 11.3 Å². The van der Waals surface area contributed by atoms with Crippen molar-refractivity contribution in [3.63, 3.8) is 0 Å². The number of sulfonamides is 1. The lowest BCUT2D eigenvalue weighted by molar-refractivity contribution is -0.119. The second kappa shape index (κ2) is 9.53. The molecule has 160 valence electrons. The van der Waals surface area contributed by atoms with Gasteiger partial charge in [0, 0.05) is 0 Å². The summed E-state index contributed by atoms with van der Waals surface area (Å²) in [7, 11) is -3.98. The molecule has 0 heterocycles. The Morgan fingerprint density at radius 3 is 2.06 bits per heavy atom. The van der Waals surface area contributed by atoms with Crippen LogP contribution < -0.4 is 9.73 Å². The van der Waals surface area contributed by atoms with Crippen molar-refractivity contribution in [2.24, 2.45) is 5.10 Å². The van der Waals surface area contributed by atoms with Crippen LogP contribution in [0.2, 0.25) is 0 Å². The number of hydrogen-bond donors (Lipinski definition) is 1. The molecule has 0 saturated carbocycles. The minimum absolute atomic E-state index is 0.0845. The Bertz CT molecular complexity index is 1170. The standard InChI is InChI=1S/C23H22FN3O3S/c1-17-3-11-21(12-4-17)27(31(29,30)22-13-5-18(2)6-14-22)16-23(28)26-25-15-19-7-9-20(24)10-8-19/h3-15H,16H2,1-2H3,(H,26,28)/b25-15-. The highest BCUT2D eigenvalue weighted by Gasteiger charge is 2.27. The van der Waals surface area contributed by atoms with E-state index in [0.717, 1.165) is 15.4 Å². The zero-order valence-electron chi connectivity index (χ0n) is 17.1. The number of carbonyl (C=O) groups excluding carboxylic acids is 1. The molecule has 0 aromatic heterocycles. The van der Waals surface area contributed by atoms with Crippen molar-refractivity contribution in [3.05, 3.63) is 95.3 Å². The fraction of sp³-hybridized carbons (Fsp3) is 0.130. The van der Waals surface area contributed by atoms with Gasteiger partial charge in [-0.2, -0.15) is 5.10 Å². The highest BCUT2D eigenvalue weighted by atomic mass is 32.2. The first-order valence-corrected chi connectivity index (χ1v) is 10.9. The van der Waals surface area contributed by atoms with Crippen molar-refractivity contribution < 1.29 is 17.6 Å². The van der Waals surface area contributed by atoms with Crippen molar-refractivity contribution in [1.82, 2.24) is 5.43 Å². The average molecular weight is 440 g/mol. The molecule has 0 aliphatic carbocycles. The molecule has 0 radical (unpaired) electrons. The number of aryl methyl sites for hydroxylation is 2. The molecular weight excluding hydrogens is 417 g/mol. The molecule has 0 atom stereocenters. The highest BCUT2D eigenvalue weighted by molar-refractivity contribution is 7.92. The van der Waals surface area contributed by atoms with E-state index in [4.69, 9.17) is 0 Å². The van der Waals surface area contributed by atoms with Gasteiger partial charge >= 0.3 is 0 Å². The maximum absolute atomic E-state index is 13.3. The van der Waals surface area contributed by atoms with Crippen molar-refractivity contribution in [2.75, 3.05) is 10.8 Å². The number of halogens is 1. The summed E-state index contributed by atoms with van der Waals surface area (Å²) < 4.78 is 40.5. The minimum Gasteiger partial charge on any atom is -0.271 e. The zero-order valence-corrected chi connectivity index (χ0v) is 17.9. The first-order chi connectivity index (χ1) is 14.8. The number of anilines is 1. The maximum Gasteiger partial charge on any atom is 0.264 e. The number of carbonyl (C=O) groups is 1. The van der Waals surface area contributed by atoms with Gasteiger partial charge in [0.1, 0.15) is 12.4 Å². The summed E-state index contributed by atoms with van der Waals surface area (Å²) in [4.78, 5) is 12.6. The summed E-state index contributed by atoms with van der Waals surface area (Å²) in [6, 6.07) is 18.8. The fourth-order valence-electron chi connectivity index (χ4n) is 2.76. The first-order valence-electron chi connectivity index (χ1n) is 9.49. The third-order valence-corrected chi connectivity index (χ3v) is 6.28. The lowest BCUT2D eigenvalue weighted by Crippen LogP contribution is -2.39. The predicted molar refractivity (Wildman–Crippen MR) is 119 cm³/mol. The van der Waals surface area contributed by atoms with Crippen molar-refractivity contribution in [3.8, 4) is 0 Å². The monoisotopic (exact) mass is 439 g/mol. The second-order valence-electron chi connectivity index (χ2n) is 7.01. The molecule has 0 aliphatic heterocycles. The van der Waals surface area contributed by atoms with Gasteiger partial charge in [-0.25, -0.2) is 18.2 Å². The van der Waals surface area contributed by atoms with Gasteiger partial charge in [0.2, 0.25) is 0 Å². The van der Waals surface area contributed by atoms with E-state index in [1.165, 1.54) is 42.6 Å². The van der Waals surface area contributed by atoms with Crippen LogP contribution in [0, 0.1) is 19.7 Å². The van der Waals surface area contributed by atoms with Gasteiger partial charge in [0.15, 0.2) is 0 Å². The molecule has 0 spiro atoms. The van der Waals surface area contributed by atoms with Crippen LogP contribution in [0.15, 0.2) is 82.8 Å². The van der Waals surface area contributed by atoms with Gasteiger partial charge in [-0.3, -0.25) is 9.10 Å². The molecule has 0 bridgehead atoms. The molecule has 1 amide bonds. The molecule has 3 rings (SSSR count). The molecule has 0 unspecified atom stereocenters. The lowest BCUT2D eigenvalue weighted by atomic mass is 10.2. The van der Waals surface area contributed by atoms with E-state index < -0.39 is 22.5 Å². The van der Waals surface area contributed by atoms with Crippen molar-refractivity contribution in [2.45, 2.75) is 18.7 Å². The number of nitrogens with zero attached hydrogens (tertiary/aromatic N) is 2. The Balaban J connectivity index is 1.82. The Morgan fingerprint density at radius 2 is 1.48 bits per heavy atom. The lowest BCUT2D eigenvalue weighted by Gasteiger charge is -2.24. The summed E-state index contributed by atoms with van der Waals surface area (Å²) in [5.41, 5.74) is 5.16. The summed E-state index contributed by atoms with van der Waals surface area (Å²) in [6.07, 6.45) is 1.35. The largest absolute Gasteiger partial charge is 0.271 e. The van der Waals surface area contributed by atoms with Gasteiger partial charge in [-0.1, -0.05) is 47.5 Å². The molecule has 0 aliphatic rings. The number of amides is 1. The topological polar surface area (TPSA) is 78.8 Å². The first kappa shape index (κ1) is 22.2. The van der Waals surface area contributed by atoms with Gasteiger partial charge in [-0.15, -0.1) is 0 Å². The summed E-state index contributed by atoms with van der Waals surface area (Å²) >= 11 is 0. The number of nitrogens with one attached hydrogen (secondary N) is 1. The smallest absolute Gasteiger partial charge is 0.264 e. The van der Waals surface area contributed by atoms with E-state index in [1.54, 1.807) is 36.4 Å². The van der Waals surface area contributed by atoms with Crippen molar-refractivity contribution in [1.29, 1.82) is 0 Å². The molecule has 0 saturated heterocycles. The second-order valence-corrected chi connectivity index (χ2v) is 8.87. The van der Waals surface area contributed by atoms with Crippen LogP contribution in [-0.2, 0) is 14.8 Å². The Labute approximate surface area is 181 Å². The van der Waals surface area contributed by atoms with Gasteiger partial charge in [0.05, 0.1) is 16.8 Å². The third-order valence-electron chi connectivity index (χ3n) is 4.49. The molecule has 8 heteroatoms. The molecule has 6 nitrogen and oxygen atoms in total. The Morgan fingerprint density at radius 1 is 0.935 bits per heavy atom. The van der Waals surface area contributed by atoms with E-state index in [-0.39, 0.29) is 10.7 Å². The van der Waals surface area contributed by atoms with Crippen LogP contribution in [0.4, 0.5) is 10.1 Å². The SMILES string of the molecule is Cc1ccc(N(CC(=O)N/N=C\c2ccc(F)cc2)S(=O)(=O)c2ccc(C)cc2)cc1. The number of hydrogen-bond acceptors (Lipinski definition) is 4. The molecular formula is C23H22FN3O3S. The van der Waals surface area contributed by atoms with E-state index >= 15 is 0 Å². The van der Waals surface area contributed by atoms with E-state index in [2.05, 4.69) is 10.5 Å². The van der Waals surface area contributed by atoms with Crippen molar-refractivity contribution >= 4 is 27.8 Å². The molecule has 1 N–H and O–H groups in total. The zero-order chi connectivity index (χ0) is 22.4. The number of rotatable bonds is 7. The van der Waals surface area contributed by atoms with E-state index in [9.17, 15) is 17.6 Å². The van der Waals surface area contributed by atoms with Gasteiger partial charge in [0.25, 0.3) is 15.9 Å². The molecule has 31 heavy (non-hydrogen) atoms. The number of benzene rings is 3. The summed E-state index contributed by atoms with van der Waals surface area (Å²) in [6.45, 7) is 3.29. The van der Waals surface area contributed by atoms with Crippen LogP contribution in [0.1, 0.15) is 16.7 Å².